The van der Waals surface area contributed by atoms with Crippen molar-refractivity contribution in [3.05, 3.63) is 35.5 Å². The summed E-state index contributed by atoms with van der Waals surface area (Å²) in [5, 5.41) is 12.4. The maximum absolute atomic E-state index is 9.03. The van der Waals surface area contributed by atoms with Gasteiger partial charge in [-0.2, -0.15) is 0 Å². The van der Waals surface area contributed by atoms with Gasteiger partial charge in [0, 0.05) is 0 Å². The molecule has 106 valence electrons. The Morgan fingerprint density at radius 1 is 1.25 bits per heavy atom. The lowest BCUT2D eigenvalue weighted by Gasteiger charge is -2.47. The molecule has 2 nitrogen and oxygen atoms in total. The Morgan fingerprint density at radius 2 is 2.15 bits per heavy atom. The molecule has 4 rings (SSSR count). The van der Waals surface area contributed by atoms with Crippen LogP contribution in [0.3, 0.4) is 0 Å². The zero-order valence-electron chi connectivity index (χ0n) is 12.0. The van der Waals surface area contributed by atoms with E-state index < -0.39 is 0 Å². The van der Waals surface area contributed by atoms with Crippen LogP contribution in [-0.4, -0.2) is 11.4 Å². The Balaban J connectivity index is 1.71. The van der Waals surface area contributed by atoms with Gasteiger partial charge < -0.3 is 5.21 Å². The van der Waals surface area contributed by atoms with E-state index in [9.17, 15) is 0 Å². The van der Waals surface area contributed by atoms with Crippen LogP contribution in [0.1, 0.15) is 44.9 Å². The molecule has 0 aliphatic heterocycles. The van der Waals surface area contributed by atoms with E-state index in [2.05, 4.69) is 29.5 Å². The Morgan fingerprint density at radius 3 is 3.05 bits per heavy atom. The van der Waals surface area contributed by atoms with E-state index in [0.29, 0.717) is 0 Å². The highest BCUT2D eigenvalue weighted by Gasteiger charge is 2.46. The van der Waals surface area contributed by atoms with E-state index in [1.54, 1.807) is 11.8 Å². The van der Waals surface area contributed by atoms with Gasteiger partial charge in [-0.25, -0.2) is 0 Å². The summed E-state index contributed by atoms with van der Waals surface area (Å²) < 4.78 is 0. The van der Waals surface area contributed by atoms with Crippen LogP contribution in [0.15, 0.2) is 40.6 Å². The van der Waals surface area contributed by atoms with E-state index >= 15 is 0 Å². The summed E-state index contributed by atoms with van der Waals surface area (Å²) in [5.41, 5.74) is 2.87. The Kier molecular flexibility index (Phi) is 2.87. The minimum absolute atomic E-state index is 0.113. The topological polar surface area (TPSA) is 32.6 Å². The largest absolute Gasteiger partial charge is 0.411 e. The lowest BCUT2D eigenvalue weighted by molar-refractivity contribution is 0.148. The van der Waals surface area contributed by atoms with Crippen LogP contribution in [0.5, 0.6) is 0 Å². The summed E-state index contributed by atoms with van der Waals surface area (Å²) in [5.74, 6) is 2.61. The molecule has 1 N–H and O–H groups in total. The maximum Gasteiger partial charge on any atom is 0.0579 e. The summed E-state index contributed by atoms with van der Waals surface area (Å²) in [7, 11) is 0. The molecule has 4 aliphatic rings. The normalized spacial score (nSPS) is 42.7. The van der Waals surface area contributed by atoms with Gasteiger partial charge in [0.25, 0.3) is 0 Å². The van der Waals surface area contributed by atoms with Gasteiger partial charge in [0.1, 0.15) is 0 Å². The maximum atomic E-state index is 9.03. The fraction of sp³-hybridized carbons (Fsp3) is 0.611. The summed E-state index contributed by atoms with van der Waals surface area (Å²) in [6.45, 7) is 0. The molecule has 2 saturated carbocycles. The summed E-state index contributed by atoms with van der Waals surface area (Å²) >= 11 is 0. The summed E-state index contributed by atoms with van der Waals surface area (Å²) in [4.78, 5) is 0. The van der Waals surface area contributed by atoms with Crippen molar-refractivity contribution in [2.45, 2.75) is 44.9 Å². The monoisotopic (exact) mass is 269 g/mol. The van der Waals surface area contributed by atoms with Gasteiger partial charge in [0.2, 0.25) is 0 Å². The SMILES string of the molecule is ON=C[C@@]12C=CC=C1C1=CCC3CCCC[C@@H]3[C@H]1CC2. The third kappa shape index (κ3) is 1.66. The van der Waals surface area contributed by atoms with Crippen molar-refractivity contribution in [2.75, 3.05) is 0 Å². The smallest absolute Gasteiger partial charge is 0.0579 e. The summed E-state index contributed by atoms with van der Waals surface area (Å²) in [6, 6.07) is 0. The second kappa shape index (κ2) is 4.61. The van der Waals surface area contributed by atoms with Gasteiger partial charge in [-0.3, -0.25) is 0 Å². The van der Waals surface area contributed by atoms with Crippen molar-refractivity contribution in [3.8, 4) is 0 Å². The van der Waals surface area contributed by atoms with Crippen molar-refractivity contribution in [3.63, 3.8) is 0 Å². The molecular formula is C18H23NO. The minimum Gasteiger partial charge on any atom is -0.411 e. The number of oxime groups is 1. The fourth-order valence-electron chi connectivity index (χ4n) is 5.22. The molecule has 0 radical (unpaired) electrons. The van der Waals surface area contributed by atoms with Crippen LogP contribution in [-0.2, 0) is 0 Å². The van der Waals surface area contributed by atoms with E-state index in [1.807, 2.05) is 0 Å². The first-order chi connectivity index (χ1) is 9.84. The number of hydrogen-bond donors (Lipinski definition) is 1. The molecule has 0 heterocycles. The van der Waals surface area contributed by atoms with E-state index in [-0.39, 0.29) is 5.41 Å². The van der Waals surface area contributed by atoms with Gasteiger partial charge in [0.15, 0.2) is 0 Å². The molecule has 2 fully saturated rings. The quantitative estimate of drug-likeness (QED) is 0.425. The van der Waals surface area contributed by atoms with Crippen molar-refractivity contribution in [2.24, 2.45) is 28.3 Å². The molecule has 0 aromatic heterocycles. The lowest BCUT2D eigenvalue weighted by Crippen LogP contribution is -2.38. The van der Waals surface area contributed by atoms with Gasteiger partial charge in [0.05, 0.1) is 11.6 Å². The molecule has 0 spiro atoms. The average Bonchev–Trinajstić information content (AvgIpc) is 2.91. The zero-order chi connectivity index (χ0) is 13.6. The average molecular weight is 269 g/mol. The van der Waals surface area contributed by atoms with Crippen LogP contribution in [0.2, 0.25) is 0 Å². The van der Waals surface area contributed by atoms with Crippen molar-refractivity contribution in [1.29, 1.82) is 0 Å². The van der Waals surface area contributed by atoms with Gasteiger partial charge in [-0.15, -0.1) is 5.16 Å². The molecule has 0 aromatic carbocycles. The van der Waals surface area contributed by atoms with Crippen LogP contribution in [0.4, 0.5) is 0 Å². The molecule has 1 unspecified atom stereocenters. The first-order valence-corrected chi connectivity index (χ1v) is 8.13. The van der Waals surface area contributed by atoms with Gasteiger partial charge >= 0.3 is 0 Å². The van der Waals surface area contributed by atoms with Crippen LogP contribution in [0, 0.1) is 23.2 Å². The predicted molar refractivity (Wildman–Crippen MR) is 80.8 cm³/mol. The Labute approximate surface area is 120 Å². The fourth-order valence-corrected chi connectivity index (χ4v) is 5.22. The highest BCUT2D eigenvalue weighted by Crippen LogP contribution is 2.56. The molecule has 4 aliphatic carbocycles. The molecule has 0 aromatic rings. The Hall–Kier alpha value is -1.31. The lowest BCUT2D eigenvalue weighted by atomic mass is 9.56. The van der Waals surface area contributed by atoms with Crippen molar-refractivity contribution >= 4 is 6.21 Å². The predicted octanol–water partition coefficient (Wildman–Crippen LogP) is 4.48. The number of fused-ring (bicyclic) bond motifs is 5. The van der Waals surface area contributed by atoms with Gasteiger partial charge in [-0.05, 0) is 61.0 Å². The molecule has 0 saturated heterocycles. The molecule has 2 heteroatoms. The zero-order valence-corrected chi connectivity index (χ0v) is 12.0. The highest BCUT2D eigenvalue weighted by atomic mass is 16.4. The van der Waals surface area contributed by atoms with Crippen LogP contribution in [0.25, 0.3) is 0 Å². The molecule has 0 bridgehead atoms. The first kappa shape index (κ1) is 12.4. The number of allylic oxidation sites excluding steroid dienone is 6. The number of nitrogens with zero attached hydrogens (tertiary/aromatic N) is 1. The minimum atomic E-state index is -0.113. The molecular weight excluding hydrogens is 246 g/mol. The van der Waals surface area contributed by atoms with Crippen molar-refractivity contribution < 1.29 is 5.21 Å². The standard InChI is InChI=1S/C18H23NO/c20-19-12-18-10-3-6-17(18)16-8-7-13-4-1-2-5-14(13)15(16)9-11-18/h3,6,8,10,12-15,20H,1-2,4-5,7,9,11H2/t13?,14-,15+,18-/m0/s1. The van der Waals surface area contributed by atoms with Gasteiger partial charge in [-0.1, -0.05) is 37.1 Å². The molecule has 20 heavy (non-hydrogen) atoms. The van der Waals surface area contributed by atoms with Crippen LogP contribution >= 0.6 is 0 Å². The van der Waals surface area contributed by atoms with E-state index in [0.717, 1.165) is 24.2 Å². The van der Waals surface area contributed by atoms with Crippen molar-refractivity contribution in [1.82, 2.24) is 0 Å². The molecule has 0 amide bonds. The second-order valence-corrected chi connectivity index (χ2v) is 6.97. The third-order valence-electron chi connectivity index (χ3n) is 6.15. The van der Waals surface area contributed by atoms with E-state index in [1.165, 1.54) is 44.1 Å². The molecule has 4 atom stereocenters. The summed E-state index contributed by atoms with van der Waals surface area (Å²) in [6.07, 6.45) is 20.2. The highest BCUT2D eigenvalue weighted by molar-refractivity contribution is 5.78. The number of rotatable bonds is 1. The van der Waals surface area contributed by atoms with E-state index in [4.69, 9.17) is 5.21 Å². The Bertz CT molecular complexity index is 528. The number of hydrogen-bond acceptors (Lipinski definition) is 2. The first-order valence-electron chi connectivity index (χ1n) is 8.13. The third-order valence-corrected chi connectivity index (χ3v) is 6.15. The second-order valence-electron chi connectivity index (χ2n) is 6.97. The van der Waals surface area contributed by atoms with Crippen LogP contribution < -0.4 is 0 Å².